The second-order valence-corrected chi connectivity index (χ2v) is 8.30. The lowest BCUT2D eigenvalue weighted by Gasteiger charge is -2.26. The molecule has 1 aliphatic rings. The first-order valence-corrected chi connectivity index (χ1v) is 11.2. The number of imide groups is 2. The number of carbonyl (C=O) groups excluding carboxylic acids is 4. The van der Waals surface area contributed by atoms with Crippen LogP contribution in [0.15, 0.2) is 60.2 Å². The standard InChI is InChI=1S/C26H22ClN3O5/c1-4-35-25(33)17-5-9-20(10-6-17)29-15(2)13-18(16(29)3)14-22-23(31)28-26(34)30(24(22)32)21-11-7-19(27)8-12-21/h5-14H,4H2,1-3H3,(H,28,31,34)/b22-14-. The van der Waals surface area contributed by atoms with Gasteiger partial charge in [0.15, 0.2) is 0 Å². The first-order chi connectivity index (χ1) is 16.7. The van der Waals surface area contributed by atoms with Crippen LogP contribution in [-0.2, 0) is 14.3 Å². The minimum absolute atomic E-state index is 0.169. The van der Waals surface area contributed by atoms with E-state index in [-0.39, 0.29) is 5.57 Å². The fourth-order valence-electron chi connectivity index (χ4n) is 3.93. The average molecular weight is 492 g/mol. The number of nitrogens with one attached hydrogen (secondary N) is 1. The number of amides is 4. The zero-order valence-electron chi connectivity index (χ0n) is 19.3. The molecular formula is C26H22ClN3O5. The molecule has 1 aromatic heterocycles. The topological polar surface area (TPSA) is 97.7 Å². The number of hydrogen-bond donors (Lipinski definition) is 1. The smallest absolute Gasteiger partial charge is 0.338 e. The molecule has 0 atom stereocenters. The number of aromatic nitrogens is 1. The number of hydrogen-bond acceptors (Lipinski definition) is 5. The van der Waals surface area contributed by atoms with Gasteiger partial charge in [0.25, 0.3) is 11.8 Å². The molecule has 0 bridgehead atoms. The summed E-state index contributed by atoms with van der Waals surface area (Å²) in [4.78, 5) is 51.0. The molecule has 178 valence electrons. The number of carbonyl (C=O) groups is 4. The zero-order valence-corrected chi connectivity index (χ0v) is 20.1. The van der Waals surface area contributed by atoms with Crippen LogP contribution in [0, 0.1) is 13.8 Å². The van der Waals surface area contributed by atoms with Gasteiger partial charge in [0.1, 0.15) is 5.57 Å². The molecule has 1 saturated heterocycles. The Morgan fingerprint density at radius 1 is 1.00 bits per heavy atom. The number of nitrogens with zero attached hydrogens (tertiary/aromatic N) is 2. The molecular weight excluding hydrogens is 470 g/mol. The van der Waals surface area contributed by atoms with Crippen LogP contribution < -0.4 is 10.2 Å². The Bertz CT molecular complexity index is 1370. The van der Waals surface area contributed by atoms with Crippen LogP contribution in [0.3, 0.4) is 0 Å². The lowest BCUT2D eigenvalue weighted by Crippen LogP contribution is -2.54. The molecule has 2 aromatic carbocycles. The minimum Gasteiger partial charge on any atom is -0.462 e. The number of urea groups is 1. The van der Waals surface area contributed by atoms with Crippen molar-refractivity contribution in [3.05, 3.63) is 87.7 Å². The van der Waals surface area contributed by atoms with E-state index in [4.69, 9.17) is 16.3 Å². The van der Waals surface area contributed by atoms with Crippen LogP contribution in [0.5, 0.6) is 0 Å². The van der Waals surface area contributed by atoms with Gasteiger partial charge < -0.3 is 9.30 Å². The maximum Gasteiger partial charge on any atom is 0.338 e. The highest BCUT2D eigenvalue weighted by Crippen LogP contribution is 2.27. The highest BCUT2D eigenvalue weighted by molar-refractivity contribution is 6.39. The predicted octanol–water partition coefficient (Wildman–Crippen LogP) is 4.59. The van der Waals surface area contributed by atoms with E-state index in [2.05, 4.69) is 5.32 Å². The molecule has 0 unspecified atom stereocenters. The number of halogens is 1. The number of ether oxygens (including phenoxy) is 1. The van der Waals surface area contributed by atoms with Crippen LogP contribution >= 0.6 is 11.6 Å². The van der Waals surface area contributed by atoms with Crippen molar-refractivity contribution in [3.8, 4) is 5.69 Å². The fraction of sp³-hybridized carbons (Fsp3) is 0.154. The predicted molar refractivity (Wildman–Crippen MR) is 132 cm³/mol. The summed E-state index contributed by atoms with van der Waals surface area (Å²) in [5, 5.41) is 2.67. The van der Waals surface area contributed by atoms with Gasteiger partial charge in [0.05, 0.1) is 17.9 Å². The van der Waals surface area contributed by atoms with E-state index in [1.165, 1.54) is 18.2 Å². The fourth-order valence-corrected chi connectivity index (χ4v) is 4.06. The van der Waals surface area contributed by atoms with E-state index in [1.54, 1.807) is 43.3 Å². The van der Waals surface area contributed by atoms with Crippen LogP contribution in [-0.4, -0.2) is 35.0 Å². The Kier molecular flexibility index (Phi) is 6.57. The Morgan fingerprint density at radius 3 is 2.26 bits per heavy atom. The first-order valence-electron chi connectivity index (χ1n) is 10.8. The number of anilines is 1. The van der Waals surface area contributed by atoms with Gasteiger partial charge in [-0.1, -0.05) is 11.6 Å². The lowest BCUT2D eigenvalue weighted by molar-refractivity contribution is -0.122. The summed E-state index contributed by atoms with van der Waals surface area (Å²) >= 11 is 5.91. The quantitative estimate of drug-likeness (QED) is 0.320. The first kappa shape index (κ1) is 24.0. The van der Waals surface area contributed by atoms with Crippen molar-refractivity contribution in [2.24, 2.45) is 0 Å². The number of benzene rings is 2. The molecule has 3 aromatic rings. The third kappa shape index (κ3) is 4.61. The third-order valence-corrected chi connectivity index (χ3v) is 5.85. The van der Waals surface area contributed by atoms with E-state index in [0.717, 1.165) is 22.0 Å². The third-order valence-electron chi connectivity index (χ3n) is 5.59. The summed E-state index contributed by atoms with van der Waals surface area (Å²) in [7, 11) is 0. The molecule has 1 fully saturated rings. The molecule has 1 N–H and O–H groups in total. The van der Waals surface area contributed by atoms with Crippen molar-refractivity contribution < 1.29 is 23.9 Å². The van der Waals surface area contributed by atoms with Crippen molar-refractivity contribution in [1.82, 2.24) is 9.88 Å². The minimum atomic E-state index is -0.827. The van der Waals surface area contributed by atoms with Crippen LogP contribution in [0.2, 0.25) is 5.02 Å². The average Bonchev–Trinajstić information content (AvgIpc) is 3.10. The van der Waals surface area contributed by atoms with Gasteiger partial charge in [-0.25, -0.2) is 14.5 Å². The monoisotopic (exact) mass is 491 g/mol. The number of barbiturate groups is 1. The van der Waals surface area contributed by atoms with Gasteiger partial charge in [0, 0.05) is 22.1 Å². The largest absolute Gasteiger partial charge is 0.462 e. The summed E-state index contributed by atoms with van der Waals surface area (Å²) < 4.78 is 6.97. The number of aryl methyl sites for hydroxylation is 1. The molecule has 4 rings (SSSR count). The van der Waals surface area contributed by atoms with Gasteiger partial charge in [-0.2, -0.15) is 0 Å². The molecule has 9 heteroatoms. The lowest BCUT2D eigenvalue weighted by atomic mass is 10.1. The van der Waals surface area contributed by atoms with Gasteiger partial charge >= 0.3 is 12.0 Å². The normalized spacial score (nSPS) is 14.9. The molecule has 35 heavy (non-hydrogen) atoms. The summed E-state index contributed by atoms with van der Waals surface area (Å²) in [5.74, 6) is -1.90. The zero-order chi connectivity index (χ0) is 25.3. The van der Waals surface area contributed by atoms with Gasteiger partial charge in [-0.15, -0.1) is 0 Å². The molecule has 0 spiro atoms. The number of rotatable bonds is 5. The Labute approximate surface area is 206 Å². The summed E-state index contributed by atoms with van der Waals surface area (Å²) in [6.45, 7) is 5.78. The van der Waals surface area contributed by atoms with E-state index in [1.807, 2.05) is 24.5 Å². The van der Waals surface area contributed by atoms with Crippen molar-refractivity contribution in [3.63, 3.8) is 0 Å². The molecule has 0 saturated carbocycles. The summed E-state index contributed by atoms with van der Waals surface area (Å²) in [5.41, 5.74) is 3.63. The van der Waals surface area contributed by atoms with Crippen LogP contribution in [0.4, 0.5) is 10.5 Å². The van der Waals surface area contributed by atoms with E-state index in [9.17, 15) is 19.2 Å². The Morgan fingerprint density at radius 2 is 1.63 bits per heavy atom. The van der Waals surface area contributed by atoms with Crippen molar-refractivity contribution in [1.29, 1.82) is 0 Å². The van der Waals surface area contributed by atoms with Crippen LogP contribution in [0.1, 0.15) is 34.2 Å². The van der Waals surface area contributed by atoms with Gasteiger partial charge in [-0.05, 0) is 87.0 Å². The Balaban J connectivity index is 1.69. The molecule has 4 amide bonds. The molecule has 1 aliphatic heterocycles. The van der Waals surface area contributed by atoms with Crippen molar-refractivity contribution >= 4 is 47.2 Å². The summed E-state index contributed by atoms with van der Waals surface area (Å²) in [6.07, 6.45) is 1.47. The molecule has 2 heterocycles. The highest BCUT2D eigenvalue weighted by atomic mass is 35.5. The molecule has 0 aliphatic carbocycles. The highest BCUT2D eigenvalue weighted by Gasteiger charge is 2.37. The Hall–Kier alpha value is -4.17. The SMILES string of the molecule is CCOC(=O)c1ccc(-n2c(C)cc(/C=C3/C(=O)NC(=O)N(c4ccc(Cl)cc4)C3=O)c2C)cc1. The summed E-state index contributed by atoms with van der Waals surface area (Å²) in [6, 6.07) is 14.1. The van der Waals surface area contributed by atoms with Crippen LogP contribution in [0.25, 0.3) is 11.8 Å². The van der Waals surface area contributed by atoms with E-state index < -0.39 is 23.8 Å². The van der Waals surface area contributed by atoms with Gasteiger partial charge in [0.2, 0.25) is 0 Å². The molecule has 8 nitrogen and oxygen atoms in total. The number of esters is 1. The van der Waals surface area contributed by atoms with E-state index >= 15 is 0 Å². The second kappa shape index (κ2) is 9.60. The maximum absolute atomic E-state index is 13.2. The second-order valence-electron chi connectivity index (χ2n) is 7.86. The molecule has 0 radical (unpaired) electrons. The van der Waals surface area contributed by atoms with Crippen molar-refractivity contribution in [2.45, 2.75) is 20.8 Å². The maximum atomic E-state index is 13.2. The van der Waals surface area contributed by atoms with Crippen molar-refractivity contribution in [2.75, 3.05) is 11.5 Å². The van der Waals surface area contributed by atoms with E-state index in [0.29, 0.717) is 28.4 Å². The van der Waals surface area contributed by atoms with Gasteiger partial charge in [-0.3, -0.25) is 14.9 Å².